The van der Waals surface area contributed by atoms with Gasteiger partial charge in [0.05, 0.1) is 19.4 Å². The quantitative estimate of drug-likeness (QED) is 0.878. The normalized spacial score (nSPS) is 11.2. The Morgan fingerprint density at radius 1 is 1.33 bits per heavy atom. The summed E-state index contributed by atoms with van der Waals surface area (Å²) in [6.07, 6.45) is 1.44. The van der Waals surface area contributed by atoms with Crippen LogP contribution >= 0.6 is 0 Å². The molecule has 1 N–H and O–H groups in total. The summed E-state index contributed by atoms with van der Waals surface area (Å²) in [5.74, 6) is 1.22. The Balaban J connectivity index is 1.85. The van der Waals surface area contributed by atoms with Gasteiger partial charge in [-0.25, -0.2) is 0 Å². The zero-order chi connectivity index (χ0) is 15.1. The van der Waals surface area contributed by atoms with E-state index in [1.54, 1.807) is 43.5 Å². The van der Waals surface area contributed by atoms with Crippen molar-refractivity contribution in [2.45, 2.75) is 6.04 Å². The van der Waals surface area contributed by atoms with Crippen LogP contribution in [0.25, 0.3) is 0 Å². The van der Waals surface area contributed by atoms with Crippen LogP contribution in [-0.4, -0.2) is 19.6 Å². The van der Waals surface area contributed by atoms with E-state index in [1.165, 1.54) is 6.26 Å². The molecule has 0 radical (unpaired) electrons. The second-order valence-electron chi connectivity index (χ2n) is 4.11. The van der Waals surface area contributed by atoms with Gasteiger partial charge in [-0.3, -0.25) is 4.79 Å². The monoisotopic (exact) mass is 286 g/mol. The number of nitriles is 1. The predicted octanol–water partition coefficient (Wildman–Crippen LogP) is 2.05. The smallest absolute Gasteiger partial charge is 0.259 e. The number of methoxy groups -OCH3 is 1. The van der Waals surface area contributed by atoms with Gasteiger partial charge in [-0.2, -0.15) is 5.26 Å². The first-order valence-corrected chi connectivity index (χ1v) is 6.22. The molecule has 0 saturated heterocycles. The SMILES string of the molecule is COc1ccc(OCC(=O)NC(C#N)c2ccco2)cc1. The van der Waals surface area contributed by atoms with Gasteiger partial charge < -0.3 is 19.2 Å². The van der Waals surface area contributed by atoms with E-state index in [1.807, 2.05) is 6.07 Å². The third kappa shape index (κ3) is 4.01. The van der Waals surface area contributed by atoms with Gasteiger partial charge >= 0.3 is 0 Å². The lowest BCUT2D eigenvalue weighted by Gasteiger charge is -2.10. The molecule has 1 aromatic heterocycles. The third-order valence-electron chi connectivity index (χ3n) is 2.69. The summed E-state index contributed by atoms with van der Waals surface area (Å²) in [4.78, 5) is 11.8. The van der Waals surface area contributed by atoms with Gasteiger partial charge in [-0.1, -0.05) is 0 Å². The van der Waals surface area contributed by atoms with Gasteiger partial charge in [-0.15, -0.1) is 0 Å². The fourth-order valence-electron chi connectivity index (χ4n) is 1.65. The van der Waals surface area contributed by atoms with E-state index >= 15 is 0 Å². The molecular formula is C15H14N2O4. The van der Waals surface area contributed by atoms with Crippen molar-refractivity contribution in [2.24, 2.45) is 0 Å². The Labute approximate surface area is 121 Å². The molecule has 108 valence electrons. The van der Waals surface area contributed by atoms with E-state index in [-0.39, 0.29) is 6.61 Å². The Hall–Kier alpha value is -2.94. The highest BCUT2D eigenvalue weighted by Gasteiger charge is 2.16. The van der Waals surface area contributed by atoms with Gasteiger partial charge in [0.25, 0.3) is 5.91 Å². The molecule has 2 rings (SSSR count). The van der Waals surface area contributed by atoms with Crippen molar-refractivity contribution in [3.05, 3.63) is 48.4 Å². The topological polar surface area (TPSA) is 84.5 Å². The maximum Gasteiger partial charge on any atom is 0.259 e. The van der Waals surface area contributed by atoms with Crippen LogP contribution in [0.3, 0.4) is 0 Å². The number of nitrogens with one attached hydrogen (secondary N) is 1. The van der Waals surface area contributed by atoms with Crippen LogP contribution in [0, 0.1) is 11.3 Å². The summed E-state index contributed by atoms with van der Waals surface area (Å²) in [5.41, 5.74) is 0. The molecule has 0 spiro atoms. The number of hydrogen-bond donors (Lipinski definition) is 1. The van der Waals surface area contributed by atoms with Crippen molar-refractivity contribution < 1.29 is 18.7 Å². The second-order valence-corrected chi connectivity index (χ2v) is 4.11. The summed E-state index contributed by atoms with van der Waals surface area (Å²) in [5, 5.41) is 11.5. The van der Waals surface area contributed by atoms with Crippen LogP contribution in [0.1, 0.15) is 11.8 Å². The van der Waals surface area contributed by atoms with Crippen LogP contribution in [0.15, 0.2) is 47.1 Å². The first kappa shape index (κ1) is 14.5. The average molecular weight is 286 g/mol. The van der Waals surface area contributed by atoms with Gasteiger partial charge in [-0.05, 0) is 36.4 Å². The number of benzene rings is 1. The molecule has 1 amide bonds. The molecule has 0 fully saturated rings. The molecule has 6 nitrogen and oxygen atoms in total. The molecule has 0 aliphatic heterocycles. The van der Waals surface area contributed by atoms with Crippen molar-refractivity contribution >= 4 is 5.91 Å². The van der Waals surface area contributed by atoms with Gasteiger partial charge in [0, 0.05) is 0 Å². The zero-order valence-electron chi connectivity index (χ0n) is 11.4. The molecule has 0 saturated carbocycles. The van der Waals surface area contributed by atoms with Crippen LogP contribution in [0.5, 0.6) is 11.5 Å². The lowest BCUT2D eigenvalue weighted by molar-refractivity contribution is -0.123. The predicted molar refractivity (Wildman–Crippen MR) is 73.7 cm³/mol. The maximum atomic E-state index is 11.8. The van der Waals surface area contributed by atoms with Crippen molar-refractivity contribution in [3.63, 3.8) is 0 Å². The summed E-state index contributed by atoms with van der Waals surface area (Å²) >= 11 is 0. The fourth-order valence-corrected chi connectivity index (χ4v) is 1.65. The van der Waals surface area contributed by atoms with E-state index in [9.17, 15) is 4.79 Å². The summed E-state index contributed by atoms with van der Waals surface area (Å²) in [6.45, 7) is -0.189. The minimum atomic E-state index is -0.827. The van der Waals surface area contributed by atoms with Crippen molar-refractivity contribution in [3.8, 4) is 17.6 Å². The Morgan fingerprint density at radius 2 is 2.05 bits per heavy atom. The largest absolute Gasteiger partial charge is 0.497 e. The first-order valence-electron chi connectivity index (χ1n) is 6.22. The van der Waals surface area contributed by atoms with Gasteiger partial charge in [0.2, 0.25) is 0 Å². The van der Waals surface area contributed by atoms with Gasteiger partial charge in [0.1, 0.15) is 17.3 Å². The third-order valence-corrected chi connectivity index (χ3v) is 2.69. The zero-order valence-corrected chi connectivity index (χ0v) is 11.4. The molecule has 1 aromatic carbocycles. The maximum absolute atomic E-state index is 11.8. The molecule has 2 aromatic rings. The number of carbonyl (C=O) groups excluding carboxylic acids is 1. The van der Waals surface area contributed by atoms with Crippen molar-refractivity contribution in [1.82, 2.24) is 5.32 Å². The Morgan fingerprint density at radius 3 is 2.62 bits per heavy atom. The van der Waals surface area contributed by atoms with E-state index in [0.717, 1.165) is 0 Å². The van der Waals surface area contributed by atoms with E-state index in [2.05, 4.69) is 5.32 Å². The molecular weight excluding hydrogens is 272 g/mol. The van der Waals surface area contributed by atoms with Gasteiger partial charge in [0.15, 0.2) is 12.6 Å². The van der Waals surface area contributed by atoms with Crippen molar-refractivity contribution in [2.75, 3.05) is 13.7 Å². The van der Waals surface area contributed by atoms with E-state index in [0.29, 0.717) is 17.3 Å². The molecule has 0 aliphatic carbocycles. The minimum Gasteiger partial charge on any atom is -0.497 e. The lowest BCUT2D eigenvalue weighted by atomic mass is 10.2. The van der Waals surface area contributed by atoms with Crippen LogP contribution < -0.4 is 14.8 Å². The molecule has 21 heavy (non-hydrogen) atoms. The minimum absolute atomic E-state index is 0.189. The van der Waals surface area contributed by atoms with Crippen molar-refractivity contribution in [1.29, 1.82) is 5.26 Å². The number of ether oxygens (including phenoxy) is 2. The number of rotatable bonds is 6. The number of amides is 1. The molecule has 6 heteroatoms. The number of hydrogen-bond acceptors (Lipinski definition) is 5. The highest BCUT2D eigenvalue weighted by Crippen LogP contribution is 2.17. The Bertz CT molecular complexity index is 614. The summed E-state index contributed by atoms with van der Waals surface area (Å²) in [6, 6.07) is 11.3. The standard InChI is InChI=1S/C15H14N2O4/c1-19-11-4-6-12(7-5-11)21-10-15(18)17-13(9-16)14-3-2-8-20-14/h2-8,13H,10H2,1H3,(H,17,18). The number of furan rings is 1. The first-order chi connectivity index (χ1) is 10.2. The highest BCUT2D eigenvalue weighted by molar-refractivity contribution is 5.78. The summed E-state index contributed by atoms with van der Waals surface area (Å²) in [7, 11) is 1.57. The lowest BCUT2D eigenvalue weighted by Crippen LogP contribution is -2.31. The molecule has 1 atom stereocenters. The molecule has 1 unspecified atom stereocenters. The molecule has 0 aliphatic rings. The average Bonchev–Trinajstić information content (AvgIpc) is 3.05. The fraction of sp³-hybridized carbons (Fsp3) is 0.200. The second kappa shape index (κ2) is 7.01. The number of carbonyl (C=O) groups is 1. The van der Waals surface area contributed by atoms with Crippen LogP contribution in [-0.2, 0) is 4.79 Å². The molecule has 1 heterocycles. The van der Waals surface area contributed by atoms with Crippen LogP contribution in [0.4, 0.5) is 0 Å². The number of nitrogens with zero attached hydrogens (tertiary/aromatic N) is 1. The van der Waals surface area contributed by atoms with Crippen LogP contribution in [0.2, 0.25) is 0 Å². The summed E-state index contributed by atoms with van der Waals surface area (Å²) < 4.78 is 15.4. The highest BCUT2D eigenvalue weighted by atomic mass is 16.5. The van der Waals surface area contributed by atoms with E-state index in [4.69, 9.17) is 19.2 Å². The Kier molecular flexibility index (Phi) is 4.83. The molecule has 0 bridgehead atoms. The van der Waals surface area contributed by atoms with E-state index < -0.39 is 11.9 Å².